The molecule has 5 saturated heterocycles. The molecule has 5 aliphatic rings. The molecule has 0 spiro atoms. The highest BCUT2D eigenvalue weighted by molar-refractivity contribution is 5.89. The molecule has 0 aromatic heterocycles. The molecule has 1 unspecified atom stereocenters. The lowest BCUT2D eigenvalue weighted by Crippen LogP contribution is -2.70. The normalized spacial score (nSPS) is 34.1. The highest BCUT2D eigenvalue weighted by atomic mass is 16.8. The van der Waals surface area contributed by atoms with E-state index in [1.807, 2.05) is 0 Å². The molecule has 81 heavy (non-hydrogen) atoms. The average Bonchev–Trinajstić information content (AvgIpc) is 3.85. The molecule has 6 rings (SSSR count). The van der Waals surface area contributed by atoms with E-state index in [9.17, 15) is 52.7 Å². The Balaban J connectivity index is 1.60. The van der Waals surface area contributed by atoms with Crippen molar-refractivity contribution in [1.29, 1.82) is 0 Å². The van der Waals surface area contributed by atoms with Crippen molar-refractivity contribution in [2.75, 3.05) is 19.8 Å². The first kappa shape index (κ1) is 63.3. The summed E-state index contributed by atoms with van der Waals surface area (Å²) in [5, 5.41) is 2.67. The lowest BCUT2D eigenvalue weighted by molar-refractivity contribution is -0.399. The molecule has 2 bridgehead atoms. The molecule has 30 nitrogen and oxygen atoms in total. The SMILES string of the molecule is CC(=O)N[C@H]1[C@@H]2OC[C@@H](O2)[C@@H](OC2O[C@H](COC(C)=O)[C@H](OC(C)=O)[C@H](O[C@H]3O[C@H](COC(C)=O)[C@H](OC(C)=O)[C@H](OC(C)=O)[C@H]3OC(C)=O)[C@H]2O[C@H]2O[C@@H](C)[C@@H](OC(C)=O)[C@@H](OC(C)=O)[C@@H]2OC(C)=O)[C@@H]1OC(=O)c1ccccc1. The van der Waals surface area contributed by atoms with Crippen LogP contribution in [0.1, 0.15) is 86.5 Å². The first-order chi connectivity index (χ1) is 38.2. The van der Waals surface area contributed by atoms with Crippen LogP contribution in [0.3, 0.4) is 0 Å². The van der Waals surface area contributed by atoms with E-state index in [1.165, 1.54) is 26.0 Å². The van der Waals surface area contributed by atoms with Crippen molar-refractivity contribution in [3.8, 4) is 0 Å². The molecule has 1 amide bonds. The van der Waals surface area contributed by atoms with E-state index in [0.29, 0.717) is 0 Å². The Morgan fingerprint density at radius 1 is 0.432 bits per heavy atom. The van der Waals surface area contributed by atoms with Gasteiger partial charge in [-0.2, -0.15) is 0 Å². The second kappa shape index (κ2) is 28.2. The maximum absolute atomic E-state index is 14.0. The Morgan fingerprint density at radius 3 is 1.32 bits per heavy atom. The number of hydrogen-bond donors (Lipinski definition) is 1. The van der Waals surface area contributed by atoms with Gasteiger partial charge in [0, 0.05) is 69.2 Å². The minimum atomic E-state index is -2.13. The number of nitrogens with one attached hydrogen (secondary N) is 1. The van der Waals surface area contributed by atoms with Gasteiger partial charge in [-0.15, -0.1) is 0 Å². The Morgan fingerprint density at radius 2 is 0.840 bits per heavy atom. The monoisotopic (exact) mass is 1160 g/mol. The van der Waals surface area contributed by atoms with Crippen molar-refractivity contribution < 1.29 is 138 Å². The molecule has 30 heteroatoms. The summed E-state index contributed by atoms with van der Waals surface area (Å²) in [5.41, 5.74) is 0.0612. The predicted octanol–water partition coefficient (Wildman–Crippen LogP) is -0.530. The molecule has 5 fully saturated rings. The van der Waals surface area contributed by atoms with Gasteiger partial charge in [-0.1, -0.05) is 18.2 Å². The fraction of sp³-hybridized carbons (Fsp3) is 0.667. The highest BCUT2D eigenvalue weighted by Gasteiger charge is 2.62. The second-order valence-electron chi connectivity index (χ2n) is 19.1. The molecule has 0 saturated carbocycles. The number of hydrogen-bond acceptors (Lipinski definition) is 29. The third-order valence-electron chi connectivity index (χ3n) is 12.5. The van der Waals surface area contributed by atoms with Gasteiger partial charge >= 0.3 is 59.7 Å². The molecule has 1 aromatic rings. The number of benzene rings is 1. The van der Waals surface area contributed by atoms with Gasteiger partial charge in [0.1, 0.15) is 55.9 Å². The number of carbonyl (C=O) groups is 11. The maximum atomic E-state index is 14.0. The van der Waals surface area contributed by atoms with Crippen LogP contribution in [0.25, 0.3) is 0 Å². The molecule has 20 atom stereocenters. The van der Waals surface area contributed by atoms with Crippen LogP contribution in [-0.4, -0.2) is 208 Å². The zero-order chi connectivity index (χ0) is 59.6. The number of amides is 1. The fourth-order valence-corrected chi connectivity index (χ4v) is 9.63. The molecule has 1 aromatic carbocycles. The number of ether oxygens (including phenoxy) is 18. The Bertz CT molecular complexity index is 2470. The van der Waals surface area contributed by atoms with E-state index < -0.39 is 202 Å². The third kappa shape index (κ3) is 16.8. The molecule has 5 aliphatic heterocycles. The molecule has 448 valence electrons. The van der Waals surface area contributed by atoms with Gasteiger partial charge in [0.2, 0.25) is 5.91 Å². The minimum Gasteiger partial charge on any atom is -0.463 e. The largest absolute Gasteiger partial charge is 0.463 e. The van der Waals surface area contributed by atoms with Crippen LogP contribution in [0.5, 0.6) is 0 Å². The summed E-state index contributed by atoms with van der Waals surface area (Å²) in [7, 11) is 0. The van der Waals surface area contributed by atoms with Gasteiger partial charge < -0.3 is 90.6 Å². The van der Waals surface area contributed by atoms with Gasteiger partial charge in [0.05, 0.1) is 18.3 Å². The zero-order valence-corrected chi connectivity index (χ0v) is 45.9. The highest BCUT2D eigenvalue weighted by Crippen LogP contribution is 2.41. The summed E-state index contributed by atoms with van der Waals surface area (Å²) in [5.74, 6) is -10.3. The summed E-state index contributed by atoms with van der Waals surface area (Å²) in [6.07, 6.45) is -33.2. The van der Waals surface area contributed by atoms with Gasteiger partial charge in [0.15, 0.2) is 74.0 Å². The van der Waals surface area contributed by atoms with E-state index in [4.69, 9.17) is 85.3 Å². The molecule has 0 aliphatic carbocycles. The Kier molecular flexibility index (Phi) is 22.0. The quantitative estimate of drug-likeness (QED) is 0.127. The topological polar surface area (TPSA) is 366 Å². The number of fused-ring (bicyclic) bond motifs is 2. The lowest BCUT2D eigenvalue weighted by atomic mass is 9.94. The van der Waals surface area contributed by atoms with E-state index >= 15 is 0 Å². The number of rotatable bonds is 20. The van der Waals surface area contributed by atoms with Crippen LogP contribution >= 0.6 is 0 Å². The van der Waals surface area contributed by atoms with Crippen molar-refractivity contribution in [2.45, 2.75) is 199 Å². The second-order valence-corrected chi connectivity index (χ2v) is 19.1. The van der Waals surface area contributed by atoms with Gasteiger partial charge in [-0.25, -0.2) is 4.79 Å². The third-order valence-corrected chi connectivity index (χ3v) is 12.5. The van der Waals surface area contributed by atoms with Crippen molar-refractivity contribution >= 4 is 65.6 Å². The van der Waals surface area contributed by atoms with Gasteiger partial charge in [-0.3, -0.25) is 47.9 Å². The van der Waals surface area contributed by atoms with Crippen molar-refractivity contribution in [2.24, 2.45) is 0 Å². The van der Waals surface area contributed by atoms with Gasteiger partial charge in [-0.05, 0) is 19.1 Å². The number of esters is 10. The van der Waals surface area contributed by atoms with Crippen LogP contribution in [0, 0.1) is 0 Å². The maximum Gasteiger partial charge on any atom is 0.338 e. The molecule has 0 radical (unpaired) electrons. The molecule has 5 heterocycles. The number of carbonyl (C=O) groups excluding carboxylic acids is 11. The predicted molar refractivity (Wildman–Crippen MR) is 256 cm³/mol. The standard InChI is InChI=1S/C51H65NO29/c1-20-36(68-24(5)56)41(71-27(8)59)44(73-29(10)61)49(67-20)81-46-43(80-50-45(74-30(11)62)42(72-28(9)60)38(69-25(6)57)32(76-50)17-64-22(3)54)39(70-26(7)58)33(18-65-23(4)55)77-51(46)79-37-34-19-66-48(75-34)35(52-21(2)53)40(37)78-47(63)31-15-13-12-14-16-31/h12-16,20,32-46,48-51H,17-19H2,1-11H3,(H,52,53)/t20-,32+,33+,34+,35+,36+,37+,38-,39-,40+,41+,42-,43-,44-,45+,46+,48+,49+,50+,51?/m0/s1. The minimum absolute atomic E-state index is 0.0612. The summed E-state index contributed by atoms with van der Waals surface area (Å²) in [6.45, 7) is 9.73. The first-order valence-electron chi connectivity index (χ1n) is 25.4. The fourth-order valence-electron chi connectivity index (χ4n) is 9.63. The molecule has 1 N–H and O–H groups in total. The van der Waals surface area contributed by atoms with Crippen molar-refractivity contribution in [3.63, 3.8) is 0 Å². The summed E-state index contributed by atoms with van der Waals surface area (Å²) >= 11 is 0. The Hall–Kier alpha value is -6.93. The zero-order valence-electron chi connectivity index (χ0n) is 45.9. The van der Waals surface area contributed by atoms with Crippen LogP contribution in [0.4, 0.5) is 0 Å². The van der Waals surface area contributed by atoms with Crippen molar-refractivity contribution in [1.82, 2.24) is 5.32 Å². The van der Waals surface area contributed by atoms with E-state index in [-0.39, 0.29) is 12.2 Å². The van der Waals surface area contributed by atoms with Crippen LogP contribution < -0.4 is 5.32 Å². The van der Waals surface area contributed by atoms with E-state index in [0.717, 1.165) is 62.3 Å². The lowest BCUT2D eigenvalue weighted by Gasteiger charge is -2.51. The van der Waals surface area contributed by atoms with Crippen LogP contribution in [-0.2, 0) is 133 Å². The molecular formula is C51H65NO29. The summed E-state index contributed by atoms with van der Waals surface area (Å²) in [4.78, 5) is 142. The van der Waals surface area contributed by atoms with E-state index in [1.54, 1.807) is 18.2 Å². The average molecular weight is 1160 g/mol. The van der Waals surface area contributed by atoms with Crippen LogP contribution in [0.15, 0.2) is 30.3 Å². The van der Waals surface area contributed by atoms with Gasteiger partial charge in [0.25, 0.3) is 0 Å². The summed E-state index contributed by atoms with van der Waals surface area (Å²) in [6, 6.07) is 6.36. The summed E-state index contributed by atoms with van der Waals surface area (Å²) < 4.78 is 108. The van der Waals surface area contributed by atoms with Crippen LogP contribution in [0.2, 0.25) is 0 Å². The Labute approximate surface area is 462 Å². The first-order valence-corrected chi connectivity index (χ1v) is 25.4. The van der Waals surface area contributed by atoms with E-state index in [2.05, 4.69) is 5.32 Å². The smallest absolute Gasteiger partial charge is 0.338 e. The van der Waals surface area contributed by atoms with Crippen molar-refractivity contribution in [3.05, 3.63) is 35.9 Å². The molecular weight excluding hydrogens is 1090 g/mol.